The van der Waals surface area contributed by atoms with Gasteiger partial charge in [-0.3, -0.25) is 9.59 Å². The van der Waals surface area contributed by atoms with Crippen LogP contribution in [0, 0.1) is 0 Å². The number of carbonyl (C=O) groups excluding carboxylic acids is 2. The Kier molecular flexibility index (Phi) is 5.70. The number of halogens is 2. The Morgan fingerprint density at radius 2 is 1.33 bits per heavy atom. The largest absolute Gasteiger partial charge is 0.326 e. The van der Waals surface area contributed by atoms with Crippen molar-refractivity contribution in [1.82, 2.24) is 0 Å². The van der Waals surface area contributed by atoms with Crippen molar-refractivity contribution in [2.45, 2.75) is 12.8 Å². The van der Waals surface area contributed by atoms with Crippen molar-refractivity contribution in [2.75, 3.05) is 5.32 Å². The molecule has 0 fully saturated rings. The van der Waals surface area contributed by atoms with E-state index in [1.54, 1.807) is 24.3 Å². The average Bonchev–Trinajstić information content (AvgIpc) is 2.48. The van der Waals surface area contributed by atoms with Crippen LogP contribution in [-0.2, 0) is 4.79 Å². The zero-order valence-corrected chi connectivity index (χ0v) is 14.3. The minimum absolute atomic E-state index is 0.0338. The van der Waals surface area contributed by atoms with Crippen molar-refractivity contribution >= 4 is 49.2 Å². The number of amides is 1. The topological polar surface area (TPSA) is 46.2 Å². The summed E-state index contributed by atoms with van der Waals surface area (Å²) in [5.41, 5.74) is 1.34. The molecule has 1 amide bonds. The van der Waals surface area contributed by atoms with Crippen molar-refractivity contribution in [3.63, 3.8) is 0 Å². The van der Waals surface area contributed by atoms with Gasteiger partial charge in [0.05, 0.1) is 0 Å². The van der Waals surface area contributed by atoms with E-state index < -0.39 is 0 Å². The highest BCUT2D eigenvalue weighted by Gasteiger charge is 2.09. The fourth-order valence-electron chi connectivity index (χ4n) is 1.76. The molecule has 0 aliphatic rings. The van der Waals surface area contributed by atoms with Crippen molar-refractivity contribution in [2.24, 2.45) is 0 Å². The number of rotatable bonds is 5. The molecule has 0 aliphatic carbocycles. The van der Waals surface area contributed by atoms with E-state index in [1.165, 1.54) is 0 Å². The monoisotopic (exact) mass is 409 g/mol. The van der Waals surface area contributed by atoms with Crippen molar-refractivity contribution in [3.8, 4) is 0 Å². The summed E-state index contributed by atoms with van der Waals surface area (Å²) in [4.78, 5) is 23.8. The number of hydrogen-bond acceptors (Lipinski definition) is 2. The Bertz CT molecular complexity index is 636. The molecule has 0 bridgehead atoms. The van der Waals surface area contributed by atoms with Gasteiger partial charge in [0.15, 0.2) is 5.78 Å². The Labute approximate surface area is 140 Å². The number of hydrogen-bond donors (Lipinski definition) is 1. The lowest BCUT2D eigenvalue weighted by atomic mass is 10.1. The number of carbonyl (C=O) groups is 2. The molecule has 0 aromatic heterocycles. The van der Waals surface area contributed by atoms with Crippen molar-refractivity contribution < 1.29 is 9.59 Å². The van der Waals surface area contributed by atoms with E-state index in [1.807, 2.05) is 24.3 Å². The van der Waals surface area contributed by atoms with Gasteiger partial charge in [0, 0.05) is 33.0 Å². The minimum atomic E-state index is -0.164. The van der Waals surface area contributed by atoms with Crippen LogP contribution >= 0.6 is 31.9 Å². The van der Waals surface area contributed by atoms with Crippen molar-refractivity contribution in [3.05, 3.63) is 63.0 Å². The first-order valence-electron chi connectivity index (χ1n) is 6.39. The minimum Gasteiger partial charge on any atom is -0.326 e. The molecule has 0 heterocycles. The Morgan fingerprint density at radius 1 is 0.810 bits per heavy atom. The third kappa shape index (κ3) is 5.10. The molecular formula is C16H13Br2NO2. The summed E-state index contributed by atoms with van der Waals surface area (Å²) in [5.74, 6) is -0.198. The van der Waals surface area contributed by atoms with Gasteiger partial charge in [-0.05, 0) is 36.4 Å². The Balaban J connectivity index is 1.84. The molecule has 2 aromatic rings. The first-order chi connectivity index (χ1) is 10.0. The van der Waals surface area contributed by atoms with Crippen molar-refractivity contribution in [1.29, 1.82) is 0 Å². The maximum absolute atomic E-state index is 12.0. The predicted octanol–water partition coefficient (Wildman–Crippen LogP) is 4.81. The standard InChI is InChI=1S/C16H13Br2NO2/c17-12-3-1-11(2-4-12)15(20)9-10-16(21)19-14-7-5-13(18)6-8-14/h1-8H,9-10H2,(H,19,21). The SMILES string of the molecule is O=C(CCC(=O)c1ccc(Br)cc1)Nc1ccc(Br)cc1. The molecular weight excluding hydrogens is 398 g/mol. The number of anilines is 1. The Hall–Kier alpha value is -1.46. The molecule has 0 saturated carbocycles. The number of Topliss-reactive ketones (excluding diaryl/α,β-unsaturated/α-hetero) is 1. The second kappa shape index (κ2) is 7.52. The van der Waals surface area contributed by atoms with Gasteiger partial charge in [0.25, 0.3) is 0 Å². The summed E-state index contributed by atoms with van der Waals surface area (Å²) < 4.78 is 1.87. The zero-order chi connectivity index (χ0) is 15.2. The molecule has 0 spiro atoms. The molecule has 0 radical (unpaired) electrons. The van der Waals surface area contributed by atoms with E-state index in [9.17, 15) is 9.59 Å². The summed E-state index contributed by atoms with van der Waals surface area (Å²) in [6.45, 7) is 0. The van der Waals surface area contributed by atoms with Gasteiger partial charge in [-0.25, -0.2) is 0 Å². The van der Waals surface area contributed by atoms with Gasteiger partial charge in [0.2, 0.25) is 5.91 Å². The highest BCUT2D eigenvalue weighted by molar-refractivity contribution is 9.10. The maximum atomic E-state index is 12.0. The average molecular weight is 411 g/mol. The summed E-state index contributed by atoms with van der Waals surface area (Å²) in [6.07, 6.45) is 0.370. The molecule has 2 rings (SSSR count). The van der Waals surface area contributed by atoms with Crippen LogP contribution in [0.1, 0.15) is 23.2 Å². The second-order valence-corrected chi connectivity index (χ2v) is 6.32. The van der Waals surface area contributed by atoms with E-state index in [0.717, 1.165) is 14.6 Å². The van der Waals surface area contributed by atoms with E-state index in [0.29, 0.717) is 5.56 Å². The van der Waals surface area contributed by atoms with Crippen LogP contribution in [0.25, 0.3) is 0 Å². The summed E-state index contributed by atoms with van der Waals surface area (Å²) >= 11 is 6.65. The fourth-order valence-corrected chi connectivity index (χ4v) is 2.29. The smallest absolute Gasteiger partial charge is 0.224 e. The second-order valence-electron chi connectivity index (χ2n) is 4.49. The maximum Gasteiger partial charge on any atom is 0.224 e. The normalized spacial score (nSPS) is 10.2. The predicted molar refractivity (Wildman–Crippen MR) is 90.5 cm³/mol. The number of nitrogens with one attached hydrogen (secondary N) is 1. The Morgan fingerprint density at radius 3 is 1.90 bits per heavy atom. The fraction of sp³-hybridized carbons (Fsp3) is 0.125. The van der Waals surface area contributed by atoms with Gasteiger partial charge >= 0.3 is 0 Å². The summed E-state index contributed by atoms with van der Waals surface area (Å²) in [5, 5.41) is 2.77. The molecule has 108 valence electrons. The van der Waals surface area contributed by atoms with Crippen LogP contribution in [0.2, 0.25) is 0 Å². The van der Waals surface area contributed by atoms with Crippen LogP contribution in [0.15, 0.2) is 57.5 Å². The lowest BCUT2D eigenvalue weighted by Crippen LogP contribution is -2.13. The van der Waals surface area contributed by atoms with Crippen LogP contribution in [-0.4, -0.2) is 11.7 Å². The van der Waals surface area contributed by atoms with E-state index in [4.69, 9.17) is 0 Å². The summed E-state index contributed by atoms with van der Waals surface area (Å²) in [7, 11) is 0. The quantitative estimate of drug-likeness (QED) is 0.718. The molecule has 1 N–H and O–H groups in total. The van der Waals surface area contributed by atoms with Gasteiger partial charge in [0.1, 0.15) is 0 Å². The molecule has 21 heavy (non-hydrogen) atoms. The highest BCUT2D eigenvalue weighted by Crippen LogP contribution is 2.15. The molecule has 0 aliphatic heterocycles. The highest BCUT2D eigenvalue weighted by atomic mass is 79.9. The van der Waals surface area contributed by atoms with Gasteiger partial charge in [-0.2, -0.15) is 0 Å². The van der Waals surface area contributed by atoms with E-state index in [2.05, 4.69) is 37.2 Å². The van der Waals surface area contributed by atoms with Gasteiger partial charge in [-0.1, -0.05) is 44.0 Å². The van der Waals surface area contributed by atoms with E-state index in [-0.39, 0.29) is 24.5 Å². The number of benzene rings is 2. The van der Waals surface area contributed by atoms with Crippen LogP contribution in [0.3, 0.4) is 0 Å². The first-order valence-corrected chi connectivity index (χ1v) is 7.97. The van der Waals surface area contributed by atoms with Crippen LogP contribution < -0.4 is 5.32 Å². The molecule has 3 nitrogen and oxygen atoms in total. The van der Waals surface area contributed by atoms with Crippen LogP contribution in [0.4, 0.5) is 5.69 Å². The summed E-state index contributed by atoms with van der Waals surface area (Å²) in [6, 6.07) is 14.4. The molecule has 0 unspecified atom stereocenters. The lowest BCUT2D eigenvalue weighted by molar-refractivity contribution is -0.116. The van der Waals surface area contributed by atoms with E-state index >= 15 is 0 Å². The zero-order valence-electron chi connectivity index (χ0n) is 11.1. The molecule has 2 aromatic carbocycles. The van der Waals surface area contributed by atoms with Crippen LogP contribution in [0.5, 0.6) is 0 Å². The first kappa shape index (κ1) is 15.9. The van der Waals surface area contributed by atoms with Gasteiger partial charge < -0.3 is 5.32 Å². The van der Waals surface area contributed by atoms with Gasteiger partial charge in [-0.15, -0.1) is 0 Å². The molecule has 0 saturated heterocycles. The number of ketones is 1. The third-order valence-electron chi connectivity index (χ3n) is 2.87. The third-order valence-corrected chi connectivity index (χ3v) is 3.93. The lowest BCUT2D eigenvalue weighted by Gasteiger charge is -2.05. The molecule has 0 atom stereocenters. The molecule has 5 heteroatoms.